The van der Waals surface area contributed by atoms with Crippen molar-refractivity contribution in [2.24, 2.45) is 0 Å². The highest BCUT2D eigenvalue weighted by Crippen LogP contribution is 2.21. The lowest BCUT2D eigenvalue weighted by molar-refractivity contribution is -0.384. The highest BCUT2D eigenvalue weighted by molar-refractivity contribution is 5.94. The van der Waals surface area contributed by atoms with E-state index in [4.69, 9.17) is 0 Å². The molecule has 1 N–H and O–H groups in total. The standard InChI is InChI=1S/C18H19N3O3/c1-13(20-11-10-14-4-2-3-5-15(14)12-20)18(22)19-16-6-8-17(9-7-16)21(23)24/h2-9,13H,10-12H2,1H3,(H,19,22). The Bertz CT molecular complexity index is 758. The number of nitrogens with zero attached hydrogens (tertiary/aromatic N) is 2. The predicted molar refractivity (Wildman–Crippen MR) is 91.7 cm³/mol. The summed E-state index contributed by atoms with van der Waals surface area (Å²) >= 11 is 0. The van der Waals surface area contributed by atoms with Crippen LogP contribution in [0.3, 0.4) is 0 Å². The Morgan fingerprint density at radius 2 is 1.83 bits per heavy atom. The van der Waals surface area contributed by atoms with Crippen LogP contribution in [0.2, 0.25) is 0 Å². The van der Waals surface area contributed by atoms with Crippen molar-refractivity contribution in [3.05, 3.63) is 69.8 Å². The number of non-ortho nitro benzene ring substituents is 1. The quantitative estimate of drug-likeness (QED) is 0.692. The lowest BCUT2D eigenvalue weighted by atomic mass is 9.99. The summed E-state index contributed by atoms with van der Waals surface area (Å²) in [6.07, 6.45) is 0.936. The highest BCUT2D eigenvalue weighted by atomic mass is 16.6. The van der Waals surface area contributed by atoms with E-state index in [0.717, 1.165) is 19.5 Å². The van der Waals surface area contributed by atoms with Crippen molar-refractivity contribution in [1.82, 2.24) is 4.90 Å². The number of anilines is 1. The third-order valence-corrected chi connectivity index (χ3v) is 4.43. The average Bonchev–Trinajstić information content (AvgIpc) is 2.61. The van der Waals surface area contributed by atoms with Crippen LogP contribution in [-0.4, -0.2) is 28.3 Å². The summed E-state index contributed by atoms with van der Waals surface area (Å²) in [4.78, 5) is 24.8. The summed E-state index contributed by atoms with van der Waals surface area (Å²) < 4.78 is 0. The van der Waals surface area contributed by atoms with E-state index in [1.807, 2.05) is 19.1 Å². The van der Waals surface area contributed by atoms with Crippen LogP contribution in [0.1, 0.15) is 18.1 Å². The molecule has 1 heterocycles. The van der Waals surface area contributed by atoms with E-state index in [0.29, 0.717) is 5.69 Å². The minimum Gasteiger partial charge on any atom is -0.325 e. The second-order valence-corrected chi connectivity index (χ2v) is 5.96. The molecule has 0 saturated carbocycles. The molecule has 0 spiro atoms. The van der Waals surface area contributed by atoms with Crippen molar-refractivity contribution < 1.29 is 9.72 Å². The Morgan fingerprint density at radius 3 is 2.50 bits per heavy atom. The summed E-state index contributed by atoms with van der Waals surface area (Å²) in [5.74, 6) is -0.108. The number of nitro groups is 1. The molecule has 1 aliphatic heterocycles. The Balaban J connectivity index is 1.64. The number of carbonyl (C=O) groups excluding carboxylic acids is 1. The molecule has 6 nitrogen and oxygen atoms in total. The van der Waals surface area contributed by atoms with E-state index in [1.165, 1.54) is 23.3 Å². The summed E-state index contributed by atoms with van der Waals surface area (Å²) in [5.41, 5.74) is 3.18. The van der Waals surface area contributed by atoms with Crippen molar-refractivity contribution in [3.63, 3.8) is 0 Å². The van der Waals surface area contributed by atoms with Crippen LogP contribution in [0, 0.1) is 10.1 Å². The van der Waals surface area contributed by atoms with E-state index in [-0.39, 0.29) is 17.6 Å². The number of amides is 1. The molecule has 2 aromatic rings. The molecule has 24 heavy (non-hydrogen) atoms. The topological polar surface area (TPSA) is 75.5 Å². The number of hydrogen-bond acceptors (Lipinski definition) is 4. The van der Waals surface area contributed by atoms with Gasteiger partial charge in [0, 0.05) is 30.9 Å². The maximum Gasteiger partial charge on any atom is 0.269 e. The van der Waals surface area contributed by atoms with Crippen molar-refractivity contribution in [3.8, 4) is 0 Å². The fourth-order valence-corrected chi connectivity index (χ4v) is 2.93. The van der Waals surface area contributed by atoms with Gasteiger partial charge in [-0.1, -0.05) is 24.3 Å². The summed E-state index contributed by atoms with van der Waals surface area (Å²) in [5, 5.41) is 13.5. The molecule has 1 aliphatic rings. The molecule has 0 fully saturated rings. The predicted octanol–water partition coefficient (Wildman–Crippen LogP) is 2.98. The maximum atomic E-state index is 12.5. The van der Waals surface area contributed by atoms with Gasteiger partial charge in [0.1, 0.15) is 0 Å². The van der Waals surface area contributed by atoms with Crippen LogP contribution in [0.15, 0.2) is 48.5 Å². The Kier molecular flexibility index (Phi) is 4.57. The van der Waals surface area contributed by atoms with Crippen LogP contribution in [0.25, 0.3) is 0 Å². The first kappa shape index (κ1) is 16.1. The van der Waals surface area contributed by atoms with Crippen molar-refractivity contribution in [2.75, 3.05) is 11.9 Å². The monoisotopic (exact) mass is 325 g/mol. The number of nitrogens with one attached hydrogen (secondary N) is 1. The first-order valence-corrected chi connectivity index (χ1v) is 7.91. The first-order chi connectivity index (χ1) is 11.5. The number of nitro benzene ring substituents is 1. The SMILES string of the molecule is CC(C(=O)Nc1ccc([N+](=O)[O-])cc1)N1CCc2ccccc2C1. The smallest absolute Gasteiger partial charge is 0.269 e. The number of benzene rings is 2. The molecule has 1 unspecified atom stereocenters. The minimum atomic E-state index is -0.459. The van der Waals surface area contributed by atoms with Gasteiger partial charge in [-0.15, -0.1) is 0 Å². The first-order valence-electron chi connectivity index (χ1n) is 7.91. The molecule has 1 atom stereocenters. The van der Waals surface area contributed by atoms with E-state index in [9.17, 15) is 14.9 Å². The second-order valence-electron chi connectivity index (χ2n) is 5.96. The second kappa shape index (κ2) is 6.80. The molecule has 0 saturated heterocycles. The fourth-order valence-electron chi connectivity index (χ4n) is 2.93. The fraction of sp³-hybridized carbons (Fsp3) is 0.278. The molecule has 0 aliphatic carbocycles. The van der Waals surface area contributed by atoms with Gasteiger partial charge in [-0.3, -0.25) is 19.8 Å². The molecule has 0 bridgehead atoms. The molecule has 0 aromatic heterocycles. The third-order valence-electron chi connectivity index (χ3n) is 4.43. The normalized spacial score (nSPS) is 15.4. The van der Waals surface area contributed by atoms with E-state index >= 15 is 0 Å². The van der Waals surface area contributed by atoms with Gasteiger partial charge in [0.2, 0.25) is 5.91 Å². The van der Waals surface area contributed by atoms with E-state index < -0.39 is 4.92 Å². The van der Waals surface area contributed by atoms with Crippen molar-refractivity contribution >= 4 is 17.3 Å². The zero-order valence-corrected chi connectivity index (χ0v) is 13.4. The van der Waals surface area contributed by atoms with Crippen LogP contribution in [0.4, 0.5) is 11.4 Å². The third kappa shape index (κ3) is 3.44. The molecular formula is C18H19N3O3. The Labute approximate surface area is 140 Å². The number of carbonyl (C=O) groups is 1. The minimum absolute atomic E-state index is 0.00804. The van der Waals surface area contributed by atoms with Crippen molar-refractivity contribution in [2.45, 2.75) is 25.9 Å². The van der Waals surface area contributed by atoms with Crippen molar-refractivity contribution in [1.29, 1.82) is 0 Å². The number of hydrogen-bond donors (Lipinski definition) is 1. The molecule has 6 heteroatoms. The average molecular weight is 325 g/mol. The van der Waals surface area contributed by atoms with Gasteiger partial charge in [0.15, 0.2) is 0 Å². The van der Waals surface area contributed by atoms with E-state index in [1.54, 1.807) is 12.1 Å². The van der Waals surface area contributed by atoms with Gasteiger partial charge in [0.05, 0.1) is 11.0 Å². The van der Waals surface area contributed by atoms with Crippen LogP contribution in [-0.2, 0) is 17.8 Å². The molecule has 0 radical (unpaired) electrons. The van der Waals surface area contributed by atoms with E-state index in [2.05, 4.69) is 22.3 Å². The van der Waals surface area contributed by atoms with Gasteiger partial charge in [0.25, 0.3) is 5.69 Å². The molecule has 3 rings (SSSR count). The van der Waals surface area contributed by atoms with Crippen LogP contribution < -0.4 is 5.32 Å². The molecule has 124 valence electrons. The lowest BCUT2D eigenvalue weighted by Crippen LogP contribution is -2.44. The van der Waals surface area contributed by atoms with Gasteiger partial charge < -0.3 is 5.32 Å². The highest BCUT2D eigenvalue weighted by Gasteiger charge is 2.25. The lowest BCUT2D eigenvalue weighted by Gasteiger charge is -2.32. The van der Waals surface area contributed by atoms with Gasteiger partial charge in [-0.2, -0.15) is 0 Å². The van der Waals surface area contributed by atoms with Crippen LogP contribution in [0.5, 0.6) is 0 Å². The maximum absolute atomic E-state index is 12.5. The van der Waals surface area contributed by atoms with Gasteiger partial charge in [-0.25, -0.2) is 0 Å². The van der Waals surface area contributed by atoms with Gasteiger partial charge in [-0.05, 0) is 36.6 Å². The number of rotatable bonds is 4. The molecule has 2 aromatic carbocycles. The Hall–Kier alpha value is -2.73. The summed E-state index contributed by atoms with van der Waals surface area (Å²) in [6, 6.07) is 13.9. The van der Waals surface area contributed by atoms with Crippen LogP contribution >= 0.6 is 0 Å². The zero-order valence-electron chi connectivity index (χ0n) is 13.4. The summed E-state index contributed by atoms with van der Waals surface area (Å²) in [6.45, 7) is 3.48. The Morgan fingerprint density at radius 1 is 1.17 bits per heavy atom. The molecular weight excluding hydrogens is 306 g/mol. The summed E-state index contributed by atoms with van der Waals surface area (Å²) in [7, 11) is 0. The largest absolute Gasteiger partial charge is 0.325 e. The zero-order chi connectivity index (χ0) is 17.1. The number of fused-ring (bicyclic) bond motifs is 1. The molecule has 1 amide bonds. The van der Waals surface area contributed by atoms with Gasteiger partial charge >= 0.3 is 0 Å².